The van der Waals surface area contributed by atoms with Crippen LogP contribution in [0.5, 0.6) is 5.75 Å². The Morgan fingerprint density at radius 3 is 2.58 bits per heavy atom. The summed E-state index contributed by atoms with van der Waals surface area (Å²) in [4.78, 5) is 0. The van der Waals surface area contributed by atoms with Crippen molar-refractivity contribution in [3.05, 3.63) is 35.4 Å². The van der Waals surface area contributed by atoms with Crippen LogP contribution in [0, 0.1) is 29.4 Å². The van der Waals surface area contributed by atoms with Crippen LogP contribution in [0.4, 0.5) is 8.78 Å². The number of ether oxygens (including phenoxy) is 1. The number of unbranched alkanes of at least 4 members (excludes halogenated alkanes) is 3. The first-order chi connectivity index (χ1) is 12.7. The lowest BCUT2D eigenvalue weighted by Gasteiger charge is -2.20. The van der Waals surface area contributed by atoms with Crippen molar-refractivity contribution in [2.75, 3.05) is 6.61 Å². The van der Waals surface area contributed by atoms with Crippen molar-refractivity contribution in [2.24, 2.45) is 17.8 Å². The normalized spacial score (nSPS) is 24.6. The van der Waals surface area contributed by atoms with Crippen LogP contribution in [0.25, 0.3) is 5.57 Å². The molecule has 0 saturated heterocycles. The van der Waals surface area contributed by atoms with E-state index in [1.54, 1.807) is 12.1 Å². The predicted molar refractivity (Wildman–Crippen MR) is 103 cm³/mol. The standard InChI is InChI=1S/C23H32F2O/c1-3-5-7-8-16-9-10-18-17(16)11-12-19(18)20-13-14-21(23(25)22(20)24)26-15-6-4-2/h12-14,16-18H,3-11,15H2,1-2H3. The van der Waals surface area contributed by atoms with Gasteiger partial charge in [-0.2, -0.15) is 4.39 Å². The van der Waals surface area contributed by atoms with Gasteiger partial charge in [-0.3, -0.25) is 0 Å². The summed E-state index contributed by atoms with van der Waals surface area (Å²) in [5.41, 5.74) is 1.48. The molecule has 0 bridgehead atoms. The monoisotopic (exact) mass is 362 g/mol. The molecule has 3 atom stereocenters. The number of hydrogen-bond acceptors (Lipinski definition) is 1. The van der Waals surface area contributed by atoms with Gasteiger partial charge in [-0.05, 0) is 61.1 Å². The van der Waals surface area contributed by atoms with Crippen molar-refractivity contribution in [3.8, 4) is 5.75 Å². The fourth-order valence-electron chi connectivity index (χ4n) is 4.82. The molecule has 0 spiro atoms. The van der Waals surface area contributed by atoms with Gasteiger partial charge in [-0.1, -0.05) is 52.0 Å². The van der Waals surface area contributed by atoms with Crippen molar-refractivity contribution in [1.82, 2.24) is 0 Å². The SMILES string of the molecule is CCCCCC1CCC2C(c3ccc(OCCCC)c(F)c3F)=CCC12. The number of rotatable bonds is 9. The summed E-state index contributed by atoms with van der Waals surface area (Å²) in [7, 11) is 0. The van der Waals surface area contributed by atoms with E-state index >= 15 is 0 Å². The van der Waals surface area contributed by atoms with E-state index in [2.05, 4.69) is 13.0 Å². The van der Waals surface area contributed by atoms with E-state index in [0.717, 1.165) is 37.2 Å². The fraction of sp³-hybridized carbons (Fsp3) is 0.652. The van der Waals surface area contributed by atoms with Gasteiger partial charge in [0.1, 0.15) is 0 Å². The van der Waals surface area contributed by atoms with Crippen LogP contribution in [0.2, 0.25) is 0 Å². The van der Waals surface area contributed by atoms with Gasteiger partial charge >= 0.3 is 0 Å². The number of allylic oxidation sites excluding steroid dienone is 2. The third kappa shape index (κ3) is 3.97. The van der Waals surface area contributed by atoms with Crippen LogP contribution in [0.3, 0.4) is 0 Å². The molecule has 3 rings (SSSR count). The van der Waals surface area contributed by atoms with E-state index < -0.39 is 11.6 Å². The highest BCUT2D eigenvalue weighted by atomic mass is 19.2. The minimum atomic E-state index is -0.833. The molecule has 0 radical (unpaired) electrons. The molecule has 144 valence electrons. The Morgan fingerprint density at radius 1 is 1.00 bits per heavy atom. The van der Waals surface area contributed by atoms with Gasteiger partial charge < -0.3 is 4.74 Å². The molecular formula is C23H32F2O. The van der Waals surface area contributed by atoms with E-state index in [1.165, 1.54) is 32.1 Å². The third-order valence-corrected chi connectivity index (χ3v) is 6.27. The van der Waals surface area contributed by atoms with Gasteiger partial charge in [0.2, 0.25) is 5.82 Å². The zero-order valence-corrected chi connectivity index (χ0v) is 16.2. The van der Waals surface area contributed by atoms with Gasteiger partial charge in [0.15, 0.2) is 11.6 Å². The van der Waals surface area contributed by atoms with Crippen LogP contribution < -0.4 is 4.74 Å². The molecule has 0 aliphatic heterocycles. The minimum absolute atomic E-state index is 0.0405. The van der Waals surface area contributed by atoms with Crippen molar-refractivity contribution >= 4 is 5.57 Å². The van der Waals surface area contributed by atoms with E-state index in [4.69, 9.17) is 4.74 Å². The number of benzene rings is 1. The Morgan fingerprint density at radius 2 is 1.81 bits per heavy atom. The molecule has 0 aromatic heterocycles. The largest absolute Gasteiger partial charge is 0.490 e. The van der Waals surface area contributed by atoms with Crippen molar-refractivity contribution in [2.45, 2.75) is 71.6 Å². The lowest BCUT2D eigenvalue weighted by atomic mass is 9.84. The van der Waals surface area contributed by atoms with Crippen molar-refractivity contribution in [3.63, 3.8) is 0 Å². The molecule has 0 amide bonds. The number of hydrogen-bond donors (Lipinski definition) is 0. The molecule has 1 fully saturated rings. The molecule has 1 aromatic rings. The summed E-state index contributed by atoms with van der Waals surface area (Å²) in [6, 6.07) is 3.32. The molecule has 2 aliphatic rings. The van der Waals surface area contributed by atoms with Gasteiger partial charge in [-0.15, -0.1) is 0 Å². The summed E-state index contributed by atoms with van der Waals surface area (Å²) < 4.78 is 34.6. The molecule has 3 unspecified atom stereocenters. The molecule has 3 heteroatoms. The maximum Gasteiger partial charge on any atom is 0.201 e. The fourth-order valence-corrected chi connectivity index (χ4v) is 4.82. The quantitative estimate of drug-likeness (QED) is 0.424. The molecule has 1 nitrogen and oxygen atoms in total. The summed E-state index contributed by atoms with van der Waals surface area (Å²) in [6.45, 7) is 4.71. The Balaban J connectivity index is 1.69. The lowest BCUT2D eigenvalue weighted by molar-refractivity contribution is 0.288. The molecule has 1 aromatic carbocycles. The Hall–Kier alpha value is -1.38. The lowest BCUT2D eigenvalue weighted by Crippen LogP contribution is -2.12. The Kier molecular flexibility index (Phi) is 6.72. The first-order valence-corrected chi connectivity index (χ1v) is 10.5. The summed E-state index contributed by atoms with van der Waals surface area (Å²) in [5.74, 6) is 0.261. The van der Waals surface area contributed by atoms with Gasteiger partial charge in [0, 0.05) is 5.56 Å². The van der Waals surface area contributed by atoms with Crippen molar-refractivity contribution in [1.29, 1.82) is 0 Å². The van der Waals surface area contributed by atoms with Gasteiger partial charge in [-0.25, -0.2) is 4.39 Å². The molecule has 1 saturated carbocycles. The Labute approximate surface area is 156 Å². The summed E-state index contributed by atoms with van der Waals surface area (Å²) in [6.07, 6.45) is 12.5. The van der Waals surface area contributed by atoms with Crippen LogP contribution in [-0.4, -0.2) is 6.61 Å². The van der Waals surface area contributed by atoms with E-state index in [0.29, 0.717) is 24.0 Å². The van der Waals surface area contributed by atoms with E-state index in [-0.39, 0.29) is 5.75 Å². The maximum atomic E-state index is 14.7. The zero-order valence-electron chi connectivity index (χ0n) is 16.2. The highest BCUT2D eigenvalue weighted by molar-refractivity contribution is 5.71. The van der Waals surface area contributed by atoms with E-state index in [9.17, 15) is 8.78 Å². The van der Waals surface area contributed by atoms with E-state index in [1.807, 2.05) is 6.92 Å². The molecule has 26 heavy (non-hydrogen) atoms. The minimum Gasteiger partial charge on any atom is -0.490 e. The molecule has 0 heterocycles. The maximum absolute atomic E-state index is 14.7. The first-order valence-electron chi connectivity index (χ1n) is 10.5. The smallest absolute Gasteiger partial charge is 0.201 e. The first kappa shape index (κ1) is 19.4. The molecular weight excluding hydrogens is 330 g/mol. The second-order valence-electron chi connectivity index (χ2n) is 7.94. The molecule has 0 N–H and O–H groups in total. The molecule has 2 aliphatic carbocycles. The summed E-state index contributed by atoms with van der Waals surface area (Å²) >= 11 is 0. The summed E-state index contributed by atoms with van der Waals surface area (Å²) in [5, 5.41) is 0. The van der Waals surface area contributed by atoms with Crippen molar-refractivity contribution < 1.29 is 13.5 Å². The topological polar surface area (TPSA) is 9.23 Å². The van der Waals surface area contributed by atoms with Gasteiger partial charge in [0.25, 0.3) is 0 Å². The van der Waals surface area contributed by atoms with Crippen LogP contribution in [0.15, 0.2) is 18.2 Å². The predicted octanol–water partition coefficient (Wildman–Crippen LogP) is 7.15. The Bertz CT molecular complexity index is 637. The third-order valence-electron chi connectivity index (χ3n) is 6.27. The second kappa shape index (κ2) is 9.01. The van der Waals surface area contributed by atoms with Crippen LogP contribution in [-0.2, 0) is 0 Å². The highest BCUT2D eigenvalue weighted by Gasteiger charge is 2.41. The second-order valence-corrected chi connectivity index (χ2v) is 7.94. The van der Waals surface area contributed by atoms with Crippen LogP contribution in [0.1, 0.15) is 77.2 Å². The average molecular weight is 363 g/mol. The number of halogens is 2. The average Bonchev–Trinajstić information content (AvgIpc) is 3.22. The highest BCUT2D eigenvalue weighted by Crippen LogP contribution is 2.52. The van der Waals surface area contributed by atoms with Crippen LogP contribution >= 0.6 is 0 Å². The zero-order chi connectivity index (χ0) is 18.5. The number of fused-ring (bicyclic) bond motifs is 1. The van der Waals surface area contributed by atoms with Gasteiger partial charge in [0.05, 0.1) is 6.61 Å².